The van der Waals surface area contributed by atoms with Gasteiger partial charge in [-0.2, -0.15) is 0 Å². The van der Waals surface area contributed by atoms with E-state index in [9.17, 15) is 13.5 Å². The Bertz CT molecular complexity index is 526. The third-order valence-electron chi connectivity index (χ3n) is 3.17. The predicted octanol–water partition coefficient (Wildman–Crippen LogP) is 2.40. The second kappa shape index (κ2) is 5.58. The molecular formula is C11H16BrNO3S2. The van der Waals surface area contributed by atoms with Crippen LogP contribution in [0.5, 0.6) is 0 Å². The molecule has 4 nitrogen and oxygen atoms in total. The van der Waals surface area contributed by atoms with Crippen molar-refractivity contribution in [1.29, 1.82) is 0 Å². The molecule has 2 N–H and O–H groups in total. The minimum Gasteiger partial charge on any atom is -0.391 e. The van der Waals surface area contributed by atoms with Gasteiger partial charge in [-0.25, -0.2) is 13.1 Å². The van der Waals surface area contributed by atoms with Crippen LogP contribution in [0.25, 0.3) is 0 Å². The quantitative estimate of drug-likeness (QED) is 0.876. The normalized spacial score (nSPS) is 25.3. The molecule has 1 aliphatic carbocycles. The van der Waals surface area contributed by atoms with Crippen LogP contribution in [-0.4, -0.2) is 25.7 Å². The summed E-state index contributed by atoms with van der Waals surface area (Å²) >= 11 is 4.68. The molecule has 0 unspecified atom stereocenters. The number of nitrogens with one attached hydrogen (secondary N) is 1. The van der Waals surface area contributed by atoms with Crippen LogP contribution in [0.2, 0.25) is 0 Å². The fraction of sp³-hybridized carbons (Fsp3) is 0.636. The second-order valence-corrected chi connectivity index (χ2v) is 8.87. The molecule has 0 bridgehead atoms. The van der Waals surface area contributed by atoms with Crippen LogP contribution >= 0.6 is 27.3 Å². The molecule has 0 amide bonds. The average molecular weight is 354 g/mol. The Kier molecular flexibility index (Phi) is 4.48. The van der Waals surface area contributed by atoms with Gasteiger partial charge in [-0.15, -0.1) is 11.3 Å². The highest BCUT2D eigenvalue weighted by Crippen LogP contribution is 2.30. The van der Waals surface area contributed by atoms with Crippen molar-refractivity contribution >= 4 is 37.3 Å². The third kappa shape index (κ3) is 3.14. The number of hydrogen-bond donors (Lipinski definition) is 2. The van der Waals surface area contributed by atoms with Crippen LogP contribution in [0.4, 0.5) is 0 Å². The highest BCUT2D eigenvalue weighted by Gasteiger charge is 2.29. The number of aliphatic hydroxyl groups excluding tert-OH is 1. The summed E-state index contributed by atoms with van der Waals surface area (Å²) in [5.74, 6) is 0. The Morgan fingerprint density at radius 2 is 2.11 bits per heavy atom. The van der Waals surface area contributed by atoms with Crippen LogP contribution in [0, 0.1) is 6.92 Å². The number of hydrogen-bond acceptors (Lipinski definition) is 4. The smallest absolute Gasteiger partial charge is 0.242 e. The van der Waals surface area contributed by atoms with Crippen LogP contribution in [0.15, 0.2) is 14.7 Å². The van der Waals surface area contributed by atoms with Gasteiger partial charge in [0.1, 0.15) is 0 Å². The molecule has 2 rings (SSSR count). The van der Waals surface area contributed by atoms with E-state index in [1.165, 1.54) is 11.3 Å². The molecular weight excluding hydrogens is 338 g/mol. The fourth-order valence-corrected chi connectivity index (χ4v) is 5.93. The Morgan fingerprint density at radius 3 is 2.67 bits per heavy atom. The van der Waals surface area contributed by atoms with Crippen molar-refractivity contribution in [2.24, 2.45) is 0 Å². The van der Waals surface area contributed by atoms with Gasteiger partial charge in [-0.05, 0) is 41.8 Å². The molecule has 7 heteroatoms. The van der Waals surface area contributed by atoms with E-state index in [2.05, 4.69) is 20.7 Å². The standard InChI is InChI=1S/C11H16BrNO3S2/c1-7-10(6-11(12)17-7)18(15,16)13-8-4-2-3-5-9(8)14/h6,8-9,13-14H,2-5H2,1H3/t8-,9-/m1/s1. The van der Waals surface area contributed by atoms with E-state index in [4.69, 9.17) is 0 Å². The number of sulfonamides is 1. The van der Waals surface area contributed by atoms with Crippen molar-refractivity contribution in [2.45, 2.75) is 49.6 Å². The van der Waals surface area contributed by atoms with Gasteiger partial charge >= 0.3 is 0 Å². The molecule has 0 radical (unpaired) electrons. The second-order valence-electron chi connectivity index (χ2n) is 4.55. The SMILES string of the molecule is Cc1sc(Br)cc1S(=O)(=O)N[C@@H]1CCCC[C@H]1O. The molecule has 18 heavy (non-hydrogen) atoms. The van der Waals surface area contributed by atoms with Crippen molar-refractivity contribution in [3.63, 3.8) is 0 Å². The van der Waals surface area contributed by atoms with Gasteiger partial charge in [0.25, 0.3) is 0 Å². The maximum atomic E-state index is 12.2. The van der Waals surface area contributed by atoms with E-state index in [0.29, 0.717) is 17.7 Å². The number of aryl methyl sites for hydroxylation is 1. The van der Waals surface area contributed by atoms with Crippen LogP contribution in [0.3, 0.4) is 0 Å². The number of rotatable bonds is 3. The lowest BCUT2D eigenvalue weighted by Gasteiger charge is -2.28. The minimum absolute atomic E-state index is 0.303. The van der Waals surface area contributed by atoms with E-state index >= 15 is 0 Å². The summed E-state index contributed by atoms with van der Waals surface area (Å²) in [6.45, 7) is 1.78. The Labute approximate surface area is 120 Å². The van der Waals surface area contributed by atoms with Gasteiger partial charge in [0.2, 0.25) is 10.0 Å². The average Bonchev–Trinajstić information content (AvgIpc) is 2.62. The lowest BCUT2D eigenvalue weighted by Crippen LogP contribution is -2.44. The predicted molar refractivity (Wildman–Crippen MR) is 75.3 cm³/mol. The summed E-state index contributed by atoms with van der Waals surface area (Å²) in [6, 6.07) is 1.25. The monoisotopic (exact) mass is 353 g/mol. The van der Waals surface area contributed by atoms with E-state index in [1.54, 1.807) is 13.0 Å². The van der Waals surface area contributed by atoms with Gasteiger partial charge < -0.3 is 5.11 Å². The van der Waals surface area contributed by atoms with Gasteiger partial charge in [0, 0.05) is 10.9 Å². The third-order valence-corrected chi connectivity index (χ3v) is 6.47. The summed E-state index contributed by atoms with van der Waals surface area (Å²) in [7, 11) is -3.53. The summed E-state index contributed by atoms with van der Waals surface area (Å²) in [5, 5.41) is 9.82. The first-order chi connectivity index (χ1) is 8.40. The highest BCUT2D eigenvalue weighted by molar-refractivity contribution is 9.11. The molecule has 1 saturated carbocycles. The zero-order valence-corrected chi connectivity index (χ0v) is 13.2. The van der Waals surface area contributed by atoms with Crippen LogP contribution in [0.1, 0.15) is 30.6 Å². The minimum atomic E-state index is -3.53. The first-order valence-electron chi connectivity index (χ1n) is 5.86. The molecule has 0 aromatic carbocycles. The molecule has 1 aromatic rings. The van der Waals surface area contributed by atoms with Gasteiger partial charge in [-0.1, -0.05) is 12.8 Å². The summed E-state index contributed by atoms with van der Waals surface area (Å²) < 4.78 is 27.9. The van der Waals surface area contributed by atoms with Crippen molar-refractivity contribution in [1.82, 2.24) is 4.72 Å². The van der Waals surface area contributed by atoms with E-state index in [0.717, 1.165) is 21.5 Å². The Hall–Kier alpha value is 0.0500. The Morgan fingerprint density at radius 1 is 1.44 bits per heavy atom. The molecule has 1 heterocycles. The van der Waals surface area contributed by atoms with Gasteiger partial charge in [0.05, 0.1) is 14.8 Å². The summed E-state index contributed by atoms with van der Waals surface area (Å²) in [4.78, 5) is 1.05. The van der Waals surface area contributed by atoms with Crippen molar-refractivity contribution in [3.05, 3.63) is 14.7 Å². The fourth-order valence-electron chi connectivity index (χ4n) is 2.21. The van der Waals surface area contributed by atoms with Crippen molar-refractivity contribution in [2.75, 3.05) is 0 Å². The molecule has 0 saturated heterocycles. The number of thiophene rings is 1. The topological polar surface area (TPSA) is 66.4 Å². The lowest BCUT2D eigenvalue weighted by atomic mass is 9.93. The summed E-state index contributed by atoms with van der Waals surface area (Å²) in [5.41, 5.74) is 0. The molecule has 1 aliphatic rings. The largest absolute Gasteiger partial charge is 0.391 e. The van der Waals surface area contributed by atoms with Crippen molar-refractivity contribution < 1.29 is 13.5 Å². The Balaban J connectivity index is 2.19. The van der Waals surface area contributed by atoms with E-state index in [-0.39, 0.29) is 6.04 Å². The van der Waals surface area contributed by atoms with Crippen molar-refractivity contribution in [3.8, 4) is 0 Å². The van der Waals surface area contributed by atoms with E-state index < -0.39 is 16.1 Å². The van der Waals surface area contributed by atoms with Gasteiger partial charge in [-0.3, -0.25) is 0 Å². The zero-order valence-electron chi connectivity index (χ0n) is 10.0. The van der Waals surface area contributed by atoms with E-state index in [1.807, 2.05) is 0 Å². The van der Waals surface area contributed by atoms with Crippen LogP contribution in [-0.2, 0) is 10.0 Å². The maximum absolute atomic E-state index is 12.2. The lowest BCUT2D eigenvalue weighted by molar-refractivity contribution is 0.101. The highest BCUT2D eigenvalue weighted by atomic mass is 79.9. The molecule has 0 aliphatic heterocycles. The number of aliphatic hydroxyl groups is 1. The first-order valence-corrected chi connectivity index (χ1v) is 8.96. The maximum Gasteiger partial charge on any atom is 0.242 e. The molecule has 102 valence electrons. The molecule has 1 aromatic heterocycles. The first kappa shape index (κ1) is 14.5. The molecule has 2 atom stereocenters. The zero-order chi connectivity index (χ0) is 13.3. The summed E-state index contributed by atoms with van der Waals surface area (Å²) in [6.07, 6.45) is 2.71. The molecule has 1 fully saturated rings. The number of halogens is 1. The van der Waals surface area contributed by atoms with Crippen LogP contribution < -0.4 is 4.72 Å². The van der Waals surface area contributed by atoms with Gasteiger partial charge in [0.15, 0.2) is 0 Å². The molecule has 0 spiro atoms.